The van der Waals surface area contributed by atoms with Crippen molar-refractivity contribution < 1.29 is 9.59 Å². The van der Waals surface area contributed by atoms with Crippen molar-refractivity contribution in [1.82, 2.24) is 10.2 Å². The number of anilines is 1. The molecule has 0 spiro atoms. The first-order valence-electron chi connectivity index (χ1n) is 9.15. The number of rotatable bonds is 4. The van der Waals surface area contributed by atoms with Crippen molar-refractivity contribution in [3.8, 4) is 0 Å². The quantitative estimate of drug-likeness (QED) is 0.919. The second-order valence-corrected chi connectivity index (χ2v) is 7.13. The predicted octanol–water partition coefficient (Wildman–Crippen LogP) is 1.88. The van der Waals surface area contributed by atoms with Gasteiger partial charge in [-0.15, -0.1) is 0 Å². The Labute approximate surface area is 143 Å². The van der Waals surface area contributed by atoms with Crippen LogP contribution in [-0.4, -0.2) is 48.9 Å². The summed E-state index contributed by atoms with van der Waals surface area (Å²) in [7, 11) is 0. The van der Waals surface area contributed by atoms with Gasteiger partial charge in [0, 0.05) is 37.7 Å². The summed E-state index contributed by atoms with van der Waals surface area (Å²) in [5, 5.41) is 3.32. The summed E-state index contributed by atoms with van der Waals surface area (Å²) < 4.78 is 0. The van der Waals surface area contributed by atoms with E-state index in [0.717, 1.165) is 57.5 Å². The van der Waals surface area contributed by atoms with Gasteiger partial charge in [-0.2, -0.15) is 0 Å². The summed E-state index contributed by atoms with van der Waals surface area (Å²) in [6.07, 6.45) is 4.62. The summed E-state index contributed by atoms with van der Waals surface area (Å²) in [4.78, 5) is 28.6. The second-order valence-electron chi connectivity index (χ2n) is 7.13. The van der Waals surface area contributed by atoms with Gasteiger partial charge in [0.25, 0.3) is 0 Å². The van der Waals surface area contributed by atoms with E-state index in [1.807, 2.05) is 15.9 Å². The summed E-state index contributed by atoms with van der Waals surface area (Å²) in [5.74, 6) is 0.823. The van der Waals surface area contributed by atoms with E-state index < -0.39 is 0 Å². The minimum absolute atomic E-state index is 0.0306. The molecule has 0 saturated carbocycles. The predicted molar refractivity (Wildman–Crippen MR) is 93.0 cm³/mol. The van der Waals surface area contributed by atoms with Gasteiger partial charge >= 0.3 is 0 Å². The molecule has 3 aliphatic rings. The fraction of sp³-hybridized carbons (Fsp3) is 0.579. The van der Waals surface area contributed by atoms with Crippen LogP contribution in [0.25, 0.3) is 0 Å². The van der Waals surface area contributed by atoms with Crippen LogP contribution in [0.15, 0.2) is 24.3 Å². The van der Waals surface area contributed by atoms with Crippen molar-refractivity contribution in [2.24, 2.45) is 0 Å². The maximum atomic E-state index is 12.9. The van der Waals surface area contributed by atoms with Crippen LogP contribution in [-0.2, 0) is 9.59 Å². The molecule has 0 aliphatic carbocycles. The Morgan fingerprint density at radius 1 is 1.25 bits per heavy atom. The van der Waals surface area contributed by atoms with Crippen LogP contribution in [0.5, 0.6) is 0 Å². The van der Waals surface area contributed by atoms with Gasteiger partial charge in [0.05, 0.1) is 6.04 Å². The summed E-state index contributed by atoms with van der Waals surface area (Å²) in [6.45, 7) is 3.38. The molecule has 3 heterocycles. The summed E-state index contributed by atoms with van der Waals surface area (Å²) in [6, 6.07) is 8.23. The Hall–Kier alpha value is -1.88. The SMILES string of the molecule is O=C1CCCN1CCC1CN(C(=O)C2CCCN2)c2ccccc21. The molecule has 4 rings (SSSR count). The molecule has 1 N–H and O–H groups in total. The minimum Gasteiger partial charge on any atom is -0.343 e. The lowest BCUT2D eigenvalue weighted by Crippen LogP contribution is -2.43. The molecule has 3 aliphatic heterocycles. The third-order valence-corrected chi connectivity index (χ3v) is 5.61. The van der Waals surface area contributed by atoms with E-state index in [1.165, 1.54) is 5.56 Å². The third kappa shape index (κ3) is 2.81. The van der Waals surface area contributed by atoms with Gasteiger partial charge in [-0.05, 0) is 43.9 Å². The van der Waals surface area contributed by atoms with Crippen LogP contribution in [0.4, 0.5) is 5.69 Å². The van der Waals surface area contributed by atoms with Crippen molar-refractivity contribution in [3.63, 3.8) is 0 Å². The van der Waals surface area contributed by atoms with Crippen LogP contribution in [0.1, 0.15) is 43.6 Å². The van der Waals surface area contributed by atoms with Gasteiger partial charge in [-0.1, -0.05) is 18.2 Å². The van der Waals surface area contributed by atoms with E-state index in [-0.39, 0.29) is 17.9 Å². The van der Waals surface area contributed by atoms with Crippen LogP contribution >= 0.6 is 0 Å². The largest absolute Gasteiger partial charge is 0.343 e. The zero-order valence-corrected chi connectivity index (χ0v) is 14.0. The Morgan fingerprint density at radius 3 is 2.88 bits per heavy atom. The average molecular weight is 327 g/mol. The van der Waals surface area contributed by atoms with Crippen molar-refractivity contribution in [3.05, 3.63) is 29.8 Å². The maximum absolute atomic E-state index is 12.9. The number of nitrogens with zero attached hydrogens (tertiary/aromatic N) is 2. The number of hydrogen-bond donors (Lipinski definition) is 1. The second kappa shape index (κ2) is 6.55. The number of nitrogens with one attached hydrogen (secondary N) is 1. The van der Waals surface area contributed by atoms with E-state index in [1.54, 1.807) is 0 Å². The number of carbonyl (C=O) groups is 2. The van der Waals surface area contributed by atoms with Crippen LogP contribution in [0, 0.1) is 0 Å². The van der Waals surface area contributed by atoms with Gasteiger partial charge in [0.2, 0.25) is 11.8 Å². The smallest absolute Gasteiger partial charge is 0.244 e. The minimum atomic E-state index is -0.0306. The van der Waals surface area contributed by atoms with Crippen LogP contribution in [0.3, 0.4) is 0 Å². The van der Waals surface area contributed by atoms with Gasteiger partial charge in [-0.25, -0.2) is 0 Å². The van der Waals surface area contributed by atoms with Crippen molar-refractivity contribution in [1.29, 1.82) is 0 Å². The molecule has 1 aromatic rings. The fourth-order valence-electron chi connectivity index (χ4n) is 4.29. The van der Waals surface area contributed by atoms with Gasteiger partial charge in [0.15, 0.2) is 0 Å². The normalized spacial score (nSPS) is 26.2. The standard InChI is InChI=1S/C19H25N3O2/c23-18-8-4-11-21(18)12-9-14-13-22(17-7-2-1-5-15(14)17)19(24)16-6-3-10-20-16/h1-2,5,7,14,16,20H,3-4,6,8-13H2. The molecule has 2 fully saturated rings. The molecule has 24 heavy (non-hydrogen) atoms. The molecular weight excluding hydrogens is 302 g/mol. The summed E-state index contributed by atoms with van der Waals surface area (Å²) in [5.41, 5.74) is 2.32. The Balaban J connectivity index is 1.48. The molecular formula is C19H25N3O2. The maximum Gasteiger partial charge on any atom is 0.244 e. The number of para-hydroxylation sites is 1. The molecule has 128 valence electrons. The highest BCUT2D eigenvalue weighted by Gasteiger charge is 2.36. The molecule has 0 radical (unpaired) electrons. The summed E-state index contributed by atoms with van der Waals surface area (Å²) >= 11 is 0. The Morgan fingerprint density at radius 2 is 2.12 bits per heavy atom. The molecule has 2 atom stereocenters. The first kappa shape index (κ1) is 15.6. The van der Waals surface area contributed by atoms with Crippen LogP contribution < -0.4 is 10.2 Å². The molecule has 0 aromatic heterocycles. The van der Waals surface area contributed by atoms with E-state index in [2.05, 4.69) is 23.5 Å². The van der Waals surface area contributed by atoms with Crippen molar-refractivity contribution in [2.75, 3.05) is 31.1 Å². The highest BCUT2D eigenvalue weighted by atomic mass is 16.2. The fourth-order valence-corrected chi connectivity index (χ4v) is 4.29. The molecule has 2 saturated heterocycles. The van der Waals surface area contributed by atoms with Gasteiger partial charge in [-0.3, -0.25) is 9.59 Å². The molecule has 5 nitrogen and oxygen atoms in total. The van der Waals surface area contributed by atoms with Crippen molar-refractivity contribution >= 4 is 17.5 Å². The van der Waals surface area contributed by atoms with Crippen molar-refractivity contribution in [2.45, 2.75) is 44.1 Å². The zero-order chi connectivity index (χ0) is 16.5. The average Bonchev–Trinajstić information content (AvgIpc) is 3.33. The third-order valence-electron chi connectivity index (χ3n) is 5.61. The number of likely N-dealkylation sites (tertiary alicyclic amines) is 1. The number of amides is 2. The van der Waals surface area contributed by atoms with Crippen LogP contribution in [0.2, 0.25) is 0 Å². The molecule has 5 heteroatoms. The number of carbonyl (C=O) groups excluding carboxylic acids is 2. The highest BCUT2D eigenvalue weighted by molar-refractivity contribution is 5.99. The van der Waals surface area contributed by atoms with E-state index in [0.29, 0.717) is 12.3 Å². The van der Waals surface area contributed by atoms with E-state index in [9.17, 15) is 9.59 Å². The van der Waals surface area contributed by atoms with Gasteiger partial charge < -0.3 is 15.1 Å². The molecule has 2 amide bonds. The van der Waals surface area contributed by atoms with E-state index >= 15 is 0 Å². The number of hydrogen-bond acceptors (Lipinski definition) is 3. The lowest BCUT2D eigenvalue weighted by atomic mass is 9.98. The first-order valence-corrected chi connectivity index (χ1v) is 9.15. The zero-order valence-electron chi connectivity index (χ0n) is 14.0. The van der Waals surface area contributed by atoms with E-state index in [4.69, 9.17) is 0 Å². The molecule has 1 aromatic carbocycles. The molecule has 2 unspecified atom stereocenters. The lowest BCUT2D eigenvalue weighted by molar-refractivity contribution is -0.127. The topological polar surface area (TPSA) is 52.7 Å². The number of benzene rings is 1. The lowest BCUT2D eigenvalue weighted by Gasteiger charge is -2.22. The highest BCUT2D eigenvalue weighted by Crippen LogP contribution is 2.38. The Bertz CT molecular complexity index is 639. The Kier molecular flexibility index (Phi) is 4.27. The molecule has 0 bridgehead atoms. The monoisotopic (exact) mass is 327 g/mol. The first-order chi connectivity index (χ1) is 11.7. The number of fused-ring (bicyclic) bond motifs is 1. The van der Waals surface area contributed by atoms with Gasteiger partial charge in [0.1, 0.15) is 0 Å².